The number of hydrogen-bond donors (Lipinski definition) is 1. The first-order valence-electron chi connectivity index (χ1n) is 9.44. The zero-order valence-corrected chi connectivity index (χ0v) is 19.3. The zero-order valence-electron chi connectivity index (χ0n) is 17.0. The van der Waals surface area contributed by atoms with Crippen LogP contribution in [0.25, 0.3) is 11.4 Å². The second-order valence-corrected chi connectivity index (χ2v) is 8.33. The molecule has 0 aliphatic heterocycles. The second kappa shape index (κ2) is 11.3. The lowest BCUT2D eigenvalue weighted by Crippen LogP contribution is -2.16. The summed E-state index contributed by atoms with van der Waals surface area (Å²) in [7, 11) is 1.62. The summed E-state index contributed by atoms with van der Waals surface area (Å²) in [5, 5.41) is 23.5. The Kier molecular flexibility index (Phi) is 8.46. The maximum Gasteiger partial charge on any atom is 0.294 e. The molecular weight excluding hydrogens is 477 g/mol. The normalized spacial score (nSPS) is 10.8. The van der Waals surface area contributed by atoms with E-state index in [1.165, 1.54) is 30.0 Å². The Morgan fingerprint density at radius 1 is 1.25 bits per heavy atom. The molecule has 0 atom stereocenters. The molecule has 9 nitrogen and oxygen atoms in total. The third-order valence-electron chi connectivity index (χ3n) is 4.32. The number of hydrogen-bond acceptors (Lipinski definition) is 7. The van der Waals surface area contributed by atoms with Gasteiger partial charge in [-0.1, -0.05) is 47.1 Å². The van der Waals surface area contributed by atoms with Crippen molar-refractivity contribution in [2.24, 2.45) is 0 Å². The number of benzene rings is 2. The van der Waals surface area contributed by atoms with Gasteiger partial charge in [-0.15, -0.1) is 10.2 Å². The molecule has 0 unspecified atom stereocenters. The van der Waals surface area contributed by atoms with Gasteiger partial charge in [0.15, 0.2) is 11.0 Å². The molecule has 0 spiro atoms. The van der Waals surface area contributed by atoms with Crippen molar-refractivity contribution in [2.45, 2.75) is 18.1 Å². The van der Waals surface area contributed by atoms with Crippen LogP contribution < -0.4 is 5.32 Å². The summed E-state index contributed by atoms with van der Waals surface area (Å²) >= 11 is 13.3. The molecule has 0 bridgehead atoms. The highest BCUT2D eigenvalue weighted by molar-refractivity contribution is 7.99. The molecule has 0 aliphatic carbocycles. The van der Waals surface area contributed by atoms with Gasteiger partial charge in [-0.05, 0) is 30.7 Å². The van der Waals surface area contributed by atoms with Gasteiger partial charge in [0.2, 0.25) is 5.91 Å². The van der Waals surface area contributed by atoms with E-state index in [0.29, 0.717) is 35.6 Å². The number of carbonyl (C=O) groups is 1. The van der Waals surface area contributed by atoms with Gasteiger partial charge in [0.25, 0.3) is 5.69 Å². The van der Waals surface area contributed by atoms with E-state index in [-0.39, 0.29) is 22.2 Å². The molecular formula is C20H19Cl2N5O4S. The van der Waals surface area contributed by atoms with Crippen LogP contribution in [0.4, 0.5) is 11.4 Å². The van der Waals surface area contributed by atoms with Crippen molar-refractivity contribution in [1.29, 1.82) is 0 Å². The molecule has 1 aromatic heterocycles. The maximum absolute atomic E-state index is 12.5. The van der Waals surface area contributed by atoms with E-state index < -0.39 is 10.8 Å². The van der Waals surface area contributed by atoms with Gasteiger partial charge < -0.3 is 14.6 Å². The van der Waals surface area contributed by atoms with Crippen LogP contribution in [0.15, 0.2) is 47.6 Å². The van der Waals surface area contributed by atoms with Crippen LogP contribution in [0.3, 0.4) is 0 Å². The number of halogens is 2. The number of amides is 1. The molecule has 12 heteroatoms. The summed E-state index contributed by atoms with van der Waals surface area (Å²) in [6, 6.07) is 11.4. The Hall–Kier alpha value is -2.66. The van der Waals surface area contributed by atoms with E-state index in [0.717, 1.165) is 5.56 Å². The van der Waals surface area contributed by atoms with Gasteiger partial charge in [-0.2, -0.15) is 0 Å². The molecule has 32 heavy (non-hydrogen) atoms. The van der Waals surface area contributed by atoms with Crippen LogP contribution in [-0.4, -0.2) is 45.1 Å². The Labute approximate surface area is 198 Å². The first kappa shape index (κ1) is 24.0. The molecule has 2 aromatic carbocycles. The number of carbonyl (C=O) groups excluding carboxylic acids is 1. The summed E-state index contributed by atoms with van der Waals surface area (Å²) < 4.78 is 7.02. The monoisotopic (exact) mass is 495 g/mol. The average Bonchev–Trinajstić information content (AvgIpc) is 3.16. The Balaban J connectivity index is 1.76. The van der Waals surface area contributed by atoms with Crippen LogP contribution in [0, 0.1) is 10.1 Å². The number of nitro groups is 1. The van der Waals surface area contributed by atoms with E-state index >= 15 is 0 Å². The number of aromatic nitrogens is 3. The molecule has 0 saturated carbocycles. The van der Waals surface area contributed by atoms with Crippen molar-refractivity contribution in [3.8, 4) is 11.4 Å². The Morgan fingerprint density at radius 2 is 2.03 bits per heavy atom. The molecule has 0 radical (unpaired) electrons. The lowest BCUT2D eigenvalue weighted by molar-refractivity contribution is -0.383. The number of thioether (sulfide) groups is 1. The quantitative estimate of drug-likeness (QED) is 0.183. The Morgan fingerprint density at radius 3 is 2.75 bits per heavy atom. The molecule has 3 aromatic rings. The van der Waals surface area contributed by atoms with Gasteiger partial charge >= 0.3 is 0 Å². The molecule has 1 amide bonds. The third kappa shape index (κ3) is 5.98. The van der Waals surface area contributed by atoms with Gasteiger partial charge in [0.1, 0.15) is 5.69 Å². The lowest BCUT2D eigenvalue weighted by Gasteiger charge is -2.11. The molecule has 3 rings (SSSR count). The summed E-state index contributed by atoms with van der Waals surface area (Å²) in [5.74, 6) is 0.138. The van der Waals surface area contributed by atoms with Crippen LogP contribution in [0.1, 0.15) is 6.42 Å². The predicted octanol–water partition coefficient (Wildman–Crippen LogP) is 4.93. The predicted molar refractivity (Wildman–Crippen MR) is 124 cm³/mol. The summed E-state index contributed by atoms with van der Waals surface area (Å²) in [6.07, 6.45) is 0.711. The minimum absolute atomic E-state index is 0.0231. The van der Waals surface area contributed by atoms with Crippen molar-refractivity contribution in [1.82, 2.24) is 14.8 Å². The van der Waals surface area contributed by atoms with E-state index in [1.807, 2.05) is 22.8 Å². The highest BCUT2D eigenvalue weighted by Gasteiger charge is 2.19. The fourth-order valence-electron chi connectivity index (χ4n) is 2.88. The van der Waals surface area contributed by atoms with Crippen molar-refractivity contribution in [3.63, 3.8) is 0 Å². The number of rotatable bonds is 10. The standard InChI is InChI=1S/C20H19Cl2N5O4S/c1-31-10-4-9-26-19(14-5-2-3-6-15(14)22)24-25-20(26)32-12-18(28)23-16-8-7-13(21)11-17(16)27(29)30/h2-3,5-8,11H,4,9-10,12H2,1H3,(H,23,28). The molecule has 0 fully saturated rings. The minimum atomic E-state index is -0.600. The van der Waals surface area contributed by atoms with Crippen LogP contribution in [0.5, 0.6) is 0 Å². The molecule has 0 aliphatic rings. The van der Waals surface area contributed by atoms with Gasteiger partial charge in [0, 0.05) is 36.9 Å². The summed E-state index contributed by atoms with van der Waals surface area (Å²) in [4.78, 5) is 23.1. The maximum atomic E-state index is 12.5. The highest BCUT2D eigenvalue weighted by atomic mass is 35.5. The van der Waals surface area contributed by atoms with Crippen LogP contribution >= 0.6 is 35.0 Å². The smallest absolute Gasteiger partial charge is 0.294 e. The molecule has 1 heterocycles. The number of anilines is 1. The topological polar surface area (TPSA) is 112 Å². The number of ether oxygens (including phenoxy) is 1. The van der Waals surface area contributed by atoms with Gasteiger partial charge in [0.05, 0.1) is 15.7 Å². The van der Waals surface area contributed by atoms with Crippen LogP contribution in [-0.2, 0) is 16.1 Å². The summed E-state index contributed by atoms with van der Waals surface area (Å²) in [6.45, 7) is 1.11. The second-order valence-electron chi connectivity index (χ2n) is 6.54. The highest BCUT2D eigenvalue weighted by Crippen LogP contribution is 2.30. The SMILES string of the molecule is COCCCn1c(SCC(=O)Nc2ccc(Cl)cc2[N+](=O)[O-])nnc1-c1ccccc1Cl. The fraction of sp³-hybridized carbons (Fsp3) is 0.250. The van der Waals surface area contributed by atoms with Gasteiger partial charge in [-0.3, -0.25) is 14.9 Å². The van der Waals surface area contributed by atoms with E-state index in [2.05, 4.69) is 15.5 Å². The van der Waals surface area contributed by atoms with E-state index in [9.17, 15) is 14.9 Å². The number of nitrogens with zero attached hydrogens (tertiary/aromatic N) is 4. The van der Waals surface area contributed by atoms with Crippen LogP contribution in [0.2, 0.25) is 10.0 Å². The number of nitrogens with one attached hydrogen (secondary N) is 1. The minimum Gasteiger partial charge on any atom is -0.385 e. The van der Waals surface area contributed by atoms with Crippen molar-refractivity contribution < 1.29 is 14.5 Å². The molecule has 0 saturated heterocycles. The zero-order chi connectivity index (χ0) is 23.1. The Bertz CT molecular complexity index is 1130. The van der Waals surface area contributed by atoms with E-state index in [4.69, 9.17) is 27.9 Å². The first-order valence-corrected chi connectivity index (χ1v) is 11.2. The van der Waals surface area contributed by atoms with Crippen molar-refractivity contribution >= 4 is 52.2 Å². The fourth-order valence-corrected chi connectivity index (χ4v) is 4.03. The largest absolute Gasteiger partial charge is 0.385 e. The first-order chi connectivity index (χ1) is 15.4. The van der Waals surface area contributed by atoms with Crippen molar-refractivity contribution in [3.05, 3.63) is 62.6 Å². The third-order valence-corrected chi connectivity index (χ3v) is 5.86. The molecule has 1 N–H and O–H groups in total. The summed E-state index contributed by atoms with van der Waals surface area (Å²) in [5.41, 5.74) is 0.523. The van der Waals surface area contributed by atoms with Gasteiger partial charge in [-0.25, -0.2) is 0 Å². The number of methoxy groups -OCH3 is 1. The number of nitro benzene ring substituents is 1. The average molecular weight is 496 g/mol. The van der Waals surface area contributed by atoms with E-state index in [1.54, 1.807) is 13.2 Å². The molecule has 168 valence electrons. The van der Waals surface area contributed by atoms with Crippen molar-refractivity contribution in [2.75, 3.05) is 24.8 Å². The lowest BCUT2D eigenvalue weighted by atomic mass is 10.2.